The van der Waals surface area contributed by atoms with Crippen molar-refractivity contribution in [2.45, 2.75) is 6.92 Å². The third-order valence-electron chi connectivity index (χ3n) is 1.83. The predicted molar refractivity (Wildman–Crippen MR) is 62.9 cm³/mol. The number of hydrogen-bond acceptors (Lipinski definition) is 3. The van der Waals surface area contributed by atoms with Gasteiger partial charge in [0.1, 0.15) is 5.75 Å². The summed E-state index contributed by atoms with van der Waals surface area (Å²) in [5.74, 6) is -0.139. The molecule has 0 radical (unpaired) electrons. The molecule has 0 fully saturated rings. The number of carboxylic acids is 1. The van der Waals surface area contributed by atoms with E-state index in [1.54, 1.807) is 6.08 Å². The Bertz CT molecular complexity index is 374. The summed E-state index contributed by atoms with van der Waals surface area (Å²) in [7, 11) is 0. The van der Waals surface area contributed by atoms with Gasteiger partial charge in [0.2, 0.25) is 0 Å². The van der Waals surface area contributed by atoms with Gasteiger partial charge in [0.25, 0.3) is 0 Å². The second-order valence-electron chi connectivity index (χ2n) is 3.08. The smallest absolute Gasteiger partial charge is 0.328 e. The van der Waals surface area contributed by atoms with Gasteiger partial charge in [-0.2, -0.15) is 0 Å². The summed E-state index contributed by atoms with van der Waals surface area (Å²) in [6.45, 7) is 3.03. The SMILES string of the molecule is CCOc1cccc(NC/C=C/C(=O)O)c1. The van der Waals surface area contributed by atoms with Crippen molar-refractivity contribution >= 4 is 11.7 Å². The summed E-state index contributed by atoms with van der Waals surface area (Å²) in [6, 6.07) is 7.53. The largest absolute Gasteiger partial charge is 0.494 e. The van der Waals surface area contributed by atoms with Crippen LogP contribution in [0.2, 0.25) is 0 Å². The van der Waals surface area contributed by atoms with E-state index in [-0.39, 0.29) is 0 Å². The first-order valence-electron chi connectivity index (χ1n) is 5.08. The van der Waals surface area contributed by atoms with Crippen LogP contribution in [0.4, 0.5) is 5.69 Å². The maximum Gasteiger partial charge on any atom is 0.328 e. The first-order chi connectivity index (χ1) is 7.72. The maximum atomic E-state index is 10.2. The summed E-state index contributed by atoms with van der Waals surface area (Å²) >= 11 is 0. The average molecular weight is 221 g/mol. The molecule has 0 saturated heterocycles. The molecule has 1 rings (SSSR count). The molecule has 2 N–H and O–H groups in total. The number of nitrogens with one attached hydrogen (secondary N) is 1. The second kappa shape index (κ2) is 6.50. The molecular weight excluding hydrogens is 206 g/mol. The number of carboxylic acid groups (broad SMARTS) is 1. The van der Waals surface area contributed by atoms with Crippen molar-refractivity contribution in [2.24, 2.45) is 0 Å². The molecule has 4 nitrogen and oxygen atoms in total. The molecule has 0 spiro atoms. The fourth-order valence-electron chi connectivity index (χ4n) is 1.20. The maximum absolute atomic E-state index is 10.2. The lowest BCUT2D eigenvalue weighted by Crippen LogP contribution is -2.00. The number of carbonyl (C=O) groups is 1. The fourth-order valence-corrected chi connectivity index (χ4v) is 1.20. The van der Waals surface area contributed by atoms with Crippen LogP contribution in [0.1, 0.15) is 6.92 Å². The standard InChI is InChI=1S/C12H15NO3/c1-2-16-11-6-3-5-10(9-11)13-8-4-7-12(14)15/h3-7,9,13H,2,8H2,1H3,(H,14,15)/b7-4+. The summed E-state index contributed by atoms with van der Waals surface area (Å²) in [4.78, 5) is 10.2. The Balaban J connectivity index is 2.47. The Morgan fingerprint density at radius 2 is 2.38 bits per heavy atom. The minimum atomic E-state index is -0.940. The molecule has 0 aliphatic rings. The van der Waals surface area contributed by atoms with Crippen LogP contribution >= 0.6 is 0 Å². The van der Waals surface area contributed by atoms with Crippen LogP contribution < -0.4 is 10.1 Å². The van der Waals surface area contributed by atoms with Gasteiger partial charge in [-0.25, -0.2) is 4.79 Å². The average Bonchev–Trinajstić information content (AvgIpc) is 2.25. The molecule has 16 heavy (non-hydrogen) atoms. The van der Waals surface area contributed by atoms with Crippen LogP contribution in [0.15, 0.2) is 36.4 Å². The van der Waals surface area contributed by atoms with Gasteiger partial charge in [-0.3, -0.25) is 0 Å². The third-order valence-corrected chi connectivity index (χ3v) is 1.83. The number of benzene rings is 1. The van der Waals surface area contributed by atoms with E-state index in [4.69, 9.17) is 9.84 Å². The van der Waals surface area contributed by atoms with Crippen molar-refractivity contribution in [3.63, 3.8) is 0 Å². The highest BCUT2D eigenvalue weighted by Crippen LogP contribution is 2.16. The topological polar surface area (TPSA) is 58.6 Å². The van der Waals surface area contributed by atoms with E-state index in [1.807, 2.05) is 31.2 Å². The molecule has 0 aromatic heterocycles. The Morgan fingerprint density at radius 3 is 3.06 bits per heavy atom. The Labute approximate surface area is 94.6 Å². The lowest BCUT2D eigenvalue weighted by Gasteiger charge is -2.06. The molecule has 0 atom stereocenters. The van der Waals surface area contributed by atoms with Crippen molar-refractivity contribution < 1.29 is 14.6 Å². The van der Waals surface area contributed by atoms with E-state index in [2.05, 4.69) is 5.32 Å². The Hall–Kier alpha value is -1.97. The lowest BCUT2D eigenvalue weighted by atomic mass is 10.3. The highest BCUT2D eigenvalue weighted by molar-refractivity contribution is 5.79. The van der Waals surface area contributed by atoms with E-state index in [1.165, 1.54) is 0 Å². The molecule has 4 heteroatoms. The van der Waals surface area contributed by atoms with Crippen LogP contribution in [0.5, 0.6) is 5.75 Å². The summed E-state index contributed by atoms with van der Waals surface area (Å²) in [5.41, 5.74) is 0.904. The molecule has 0 aliphatic heterocycles. The zero-order valence-corrected chi connectivity index (χ0v) is 9.14. The zero-order chi connectivity index (χ0) is 11.8. The van der Waals surface area contributed by atoms with Gasteiger partial charge in [0.15, 0.2) is 0 Å². The molecule has 86 valence electrons. The van der Waals surface area contributed by atoms with Gasteiger partial charge in [-0.1, -0.05) is 12.1 Å². The first-order valence-corrected chi connectivity index (χ1v) is 5.08. The van der Waals surface area contributed by atoms with Gasteiger partial charge in [0, 0.05) is 24.4 Å². The Morgan fingerprint density at radius 1 is 1.56 bits per heavy atom. The lowest BCUT2D eigenvalue weighted by molar-refractivity contribution is -0.131. The van der Waals surface area contributed by atoms with Gasteiger partial charge in [-0.15, -0.1) is 0 Å². The number of aliphatic carboxylic acids is 1. The summed E-state index contributed by atoms with van der Waals surface area (Å²) in [5, 5.41) is 11.5. The molecule has 0 aliphatic carbocycles. The van der Waals surface area contributed by atoms with Crippen molar-refractivity contribution in [3.05, 3.63) is 36.4 Å². The fraction of sp³-hybridized carbons (Fsp3) is 0.250. The van der Waals surface area contributed by atoms with Gasteiger partial charge in [-0.05, 0) is 19.1 Å². The summed E-state index contributed by atoms with van der Waals surface area (Å²) < 4.78 is 5.34. The number of ether oxygens (including phenoxy) is 1. The van der Waals surface area contributed by atoms with E-state index < -0.39 is 5.97 Å². The van der Waals surface area contributed by atoms with Crippen LogP contribution in [-0.2, 0) is 4.79 Å². The van der Waals surface area contributed by atoms with Gasteiger partial charge < -0.3 is 15.2 Å². The molecule has 0 bridgehead atoms. The molecule has 0 heterocycles. The van der Waals surface area contributed by atoms with Crippen LogP contribution in [0.25, 0.3) is 0 Å². The number of anilines is 1. The molecule has 1 aromatic carbocycles. The van der Waals surface area contributed by atoms with Gasteiger partial charge >= 0.3 is 5.97 Å². The van der Waals surface area contributed by atoms with E-state index in [0.29, 0.717) is 13.2 Å². The van der Waals surface area contributed by atoms with Crippen molar-refractivity contribution in [1.82, 2.24) is 0 Å². The highest BCUT2D eigenvalue weighted by Gasteiger charge is 1.94. The van der Waals surface area contributed by atoms with E-state index in [0.717, 1.165) is 17.5 Å². The third kappa shape index (κ3) is 4.50. The first kappa shape index (κ1) is 12.1. The Kier molecular flexibility index (Phi) is 4.92. The predicted octanol–water partition coefficient (Wildman–Crippen LogP) is 2.14. The van der Waals surface area contributed by atoms with E-state index >= 15 is 0 Å². The van der Waals surface area contributed by atoms with Gasteiger partial charge in [0.05, 0.1) is 6.61 Å². The van der Waals surface area contributed by atoms with Crippen molar-refractivity contribution in [2.75, 3.05) is 18.5 Å². The van der Waals surface area contributed by atoms with Crippen molar-refractivity contribution in [3.8, 4) is 5.75 Å². The molecule has 0 unspecified atom stereocenters. The quantitative estimate of drug-likeness (QED) is 0.722. The monoisotopic (exact) mass is 221 g/mol. The zero-order valence-electron chi connectivity index (χ0n) is 9.14. The van der Waals surface area contributed by atoms with Crippen LogP contribution in [-0.4, -0.2) is 24.2 Å². The number of hydrogen-bond donors (Lipinski definition) is 2. The van der Waals surface area contributed by atoms with E-state index in [9.17, 15) is 4.79 Å². The highest BCUT2D eigenvalue weighted by atomic mass is 16.5. The molecule has 0 saturated carbocycles. The minimum absolute atomic E-state index is 0.474. The van der Waals surface area contributed by atoms with Crippen LogP contribution in [0.3, 0.4) is 0 Å². The second-order valence-corrected chi connectivity index (χ2v) is 3.08. The van der Waals surface area contributed by atoms with Crippen LogP contribution in [0, 0.1) is 0 Å². The van der Waals surface area contributed by atoms with Crippen molar-refractivity contribution in [1.29, 1.82) is 0 Å². The summed E-state index contributed by atoms with van der Waals surface area (Å²) in [6.07, 6.45) is 2.66. The molecule has 1 aromatic rings. The minimum Gasteiger partial charge on any atom is -0.494 e. The molecule has 0 amide bonds. The number of rotatable bonds is 6. The molecular formula is C12H15NO3. The normalized spacial score (nSPS) is 10.3.